The van der Waals surface area contributed by atoms with Gasteiger partial charge < -0.3 is 9.47 Å². The second-order valence-electron chi connectivity index (χ2n) is 4.93. The lowest BCUT2D eigenvalue weighted by Gasteiger charge is -2.19. The van der Waals surface area contributed by atoms with Gasteiger partial charge in [-0.25, -0.2) is 4.39 Å². The zero-order valence-electron chi connectivity index (χ0n) is 10.0. The first-order chi connectivity index (χ1) is 7.96. The van der Waals surface area contributed by atoms with Crippen LogP contribution in [-0.2, 0) is 4.74 Å². The maximum Gasteiger partial charge on any atom is 0.137 e. The van der Waals surface area contributed by atoms with Crippen molar-refractivity contribution in [2.24, 2.45) is 0 Å². The first kappa shape index (κ1) is 12.8. The average molecular weight is 303 g/mol. The van der Waals surface area contributed by atoms with Gasteiger partial charge in [0.1, 0.15) is 18.2 Å². The van der Waals surface area contributed by atoms with E-state index in [0.717, 1.165) is 12.8 Å². The standard InChI is InChI=1S/C13H16BrFO2/c1-13(2)6-5-10(17-13)8-16-9-3-4-12(15)11(14)7-9/h3-4,7,10H,5-6,8H2,1-2H3. The van der Waals surface area contributed by atoms with Gasteiger partial charge in [-0.3, -0.25) is 0 Å². The van der Waals surface area contributed by atoms with Crippen molar-refractivity contribution < 1.29 is 13.9 Å². The van der Waals surface area contributed by atoms with Crippen molar-refractivity contribution in [1.29, 1.82) is 0 Å². The van der Waals surface area contributed by atoms with E-state index in [1.165, 1.54) is 6.07 Å². The van der Waals surface area contributed by atoms with Crippen LogP contribution in [0.1, 0.15) is 26.7 Å². The Labute approximate surface area is 109 Å². The SMILES string of the molecule is CC1(C)CCC(COc2ccc(F)c(Br)c2)O1. The molecular formula is C13H16BrFO2. The van der Waals surface area contributed by atoms with Crippen molar-refractivity contribution >= 4 is 15.9 Å². The Morgan fingerprint density at radius 3 is 2.88 bits per heavy atom. The van der Waals surface area contributed by atoms with Crippen LogP contribution in [-0.4, -0.2) is 18.3 Å². The molecule has 1 unspecified atom stereocenters. The van der Waals surface area contributed by atoms with Gasteiger partial charge >= 0.3 is 0 Å². The zero-order chi connectivity index (χ0) is 12.5. The molecule has 1 aromatic rings. The van der Waals surface area contributed by atoms with E-state index in [1.807, 2.05) is 0 Å². The van der Waals surface area contributed by atoms with Gasteiger partial charge in [0.25, 0.3) is 0 Å². The van der Waals surface area contributed by atoms with Gasteiger partial charge in [0.2, 0.25) is 0 Å². The third-order valence-electron chi connectivity index (χ3n) is 2.88. The molecule has 0 amide bonds. The molecule has 0 spiro atoms. The molecule has 1 saturated heterocycles. The first-order valence-electron chi connectivity index (χ1n) is 5.72. The lowest BCUT2D eigenvalue weighted by atomic mass is 10.1. The Kier molecular flexibility index (Phi) is 3.73. The van der Waals surface area contributed by atoms with Crippen molar-refractivity contribution in [3.8, 4) is 5.75 Å². The van der Waals surface area contributed by atoms with E-state index in [0.29, 0.717) is 16.8 Å². The van der Waals surface area contributed by atoms with Crippen LogP contribution >= 0.6 is 15.9 Å². The van der Waals surface area contributed by atoms with Gasteiger partial charge in [-0.1, -0.05) is 0 Å². The second kappa shape index (κ2) is 4.94. The van der Waals surface area contributed by atoms with Crippen LogP contribution in [0.3, 0.4) is 0 Å². The minimum Gasteiger partial charge on any atom is -0.491 e. The summed E-state index contributed by atoms with van der Waals surface area (Å²) in [6.07, 6.45) is 2.19. The van der Waals surface area contributed by atoms with E-state index < -0.39 is 0 Å². The van der Waals surface area contributed by atoms with Crippen molar-refractivity contribution in [1.82, 2.24) is 0 Å². The van der Waals surface area contributed by atoms with E-state index in [4.69, 9.17) is 9.47 Å². The molecule has 4 heteroatoms. The highest BCUT2D eigenvalue weighted by Crippen LogP contribution is 2.30. The number of halogens is 2. The second-order valence-corrected chi connectivity index (χ2v) is 5.78. The number of rotatable bonds is 3. The molecule has 1 heterocycles. The zero-order valence-corrected chi connectivity index (χ0v) is 11.6. The largest absolute Gasteiger partial charge is 0.491 e. The highest BCUT2D eigenvalue weighted by Gasteiger charge is 2.31. The summed E-state index contributed by atoms with van der Waals surface area (Å²) in [6, 6.07) is 4.65. The topological polar surface area (TPSA) is 18.5 Å². The van der Waals surface area contributed by atoms with E-state index in [9.17, 15) is 4.39 Å². The van der Waals surface area contributed by atoms with Crippen LogP contribution in [0.2, 0.25) is 0 Å². The fourth-order valence-corrected chi connectivity index (χ4v) is 2.31. The minimum absolute atomic E-state index is 0.0442. The molecule has 0 aromatic heterocycles. The van der Waals surface area contributed by atoms with E-state index in [1.54, 1.807) is 12.1 Å². The van der Waals surface area contributed by atoms with Gasteiger partial charge in [0.15, 0.2) is 0 Å². The summed E-state index contributed by atoms with van der Waals surface area (Å²) in [4.78, 5) is 0. The molecule has 1 atom stereocenters. The highest BCUT2D eigenvalue weighted by atomic mass is 79.9. The lowest BCUT2D eigenvalue weighted by Crippen LogP contribution is -2.23. The number of ether oxygens (including phenoxy) is 2. The fraction of sp³-hybridized carbons (Fsp3) is 0.538. The van der Waals surface area contributed by atoms with Crippen LogP contribution in [0.5, 0.6) is 5.75 Å². The summed E-state index contributed by atoms with van der Waals surface area (Å²) in [5.41, 5.74) is -0.0442. The van der Waals surface area contributed by atoms with Gasteiger partial charge in [0.05, 0.1) is 16.2 Å². The maximum atomic E-state index is 13.0. The fourth-order valence-electron chi connectivity index (χ4n) is 1.95. The van der Waals surface area contributed by atoms with Crippen molar-refractivity contribution in [3.05, 3.63) is 28.5 Å². The number of hydrogen-bond acceptors (Lipinski definition) is 2. The van der Waals surface area contributed by atoms with Crippen molar-refractivity contribution in [3.63, 3.8) is 0 Å². The lowest BCUT2D eigenvalue weighted by molar-refractivity contribution is -0.0326. The molecule has 0 radical (unpaired) electrons. The molecule has 2 rings (SSSR count). The Bertz CT molecular complexity index is 406. The predicted octanol–water partition coefficient (Wildman–Crippen LogP) is 3.92. The van der Waals surface area contributed by atoms with Crippen LogP contribution in [0, 0.1) is 5.82 Å². The van der Waals surface area contributed by atoms with Crippen LogP contribution in [0.15, 0.2) is 22.7 Å². The van der Waals surface area contributed by atoms with Gasteiger partial charge in [-0.05, 0) is 60.8 Å². The monoisotopic (exact) mass is 302 g/mol. The molecule has 2 nitrogen and oxygen atoms in total. The summed E-state index contributed by atoms with van der Waals surface area (Å²) < 4.78 is 24.8. The van der Waals surface area contributed by atoms with E-state index >= 15 is 0 Å². The molecular weight excluding hydrogens is 287 g/mol. The third kappa shape index (κ3) is 3.42. The maximum absolute atomic E-state index is 13.0. The molecule has 0 aliphatic carbocycles. The molecule has 1 aliphatic heterocycles. The molecule has 1 fully saturated rings. The predicted molar refractivity (Wildman–Crippen MR) is 67.8 cm³/mol. The molecule has 0 saturated carbocycles. The van der Waals surface area contributed by atoms with E-state index in [-0.39, 0.29) is 17.5 Å². The van der Waals surface area contributed by atoms with E-state index in [2.05, 4.69) is 29.8 Å². The molecule has 1 aliphatic rings. The van der Waals surface area contributed by atoms with Crippen LogP contribution in [0.4, 0.5) is 4.39 Å². The Hall–Kier alpha value is -0.610. The smallest absolute Gasteiger partial charge is 0.137 e. The highest BCUT2D eigenvalue weighted by molar-refractivity contribution is 9.10. The molecule has 0 N–H and O–H groups in total. The Morgan fingerprint density at radius 2 is 2.29 bits per heavy atom. The quantitative estimate of drug-likeness (QED) is 0.842. The normalized spacial score (nSPS) is 22.7. The van der Waals surface area contributed by atoms with Crippen molar-refractivity contribution in [2.75, 3.05) is 6.61 Å². The molecule has 17 heavy (non-hydrogen) atoms. The van der Waals surface area contributed by atoms with Gasteiger partial charge in [-0.15, -0.1) is 0 Å². The first-order valence-corrected chi connectivity index (χ1v) is 6.51. The summed E-state index contributed by atoms with van der Waals surface area (Å²) in [5.74, 6) is 0.377. The molecule has 0 bridgehead atoms. The van der Waals surface area contributed by atoms with Crippen LogP contribution in [0.25, 0.3) is 0 Å². The van der Waals surface area contributed by atoms with Gasteiger partial charge in [-0.2, -0.15) is 0 Å². The van der Waals surface area contributed by atoms with Crippen molar-refractivity contribution in [2.45, 2.75) is 38.4 Å². The Balaban J connectivity index is 1.88. The summed E-state index contributed by atoms with van der Waals surface area (Å²) in [6.45, 7) is 4.68. The third-order valence-corrected chi connectivity index (χ3v) is 3.49. The molecule has 1 aromatic carbocycles. The van der Waals surface area contributed by atoms with Crippen LogP contribution < -0.4 is 4.74 Å². The number of benzene rings is 1. The average Bonchev–Trinajstić information content (AvgIpc) is 2.60. The molecule has 94 valence electrons. The minimum atomic E-state index is -0.282. The van der Waals surface area contributed by atoms with Gasteiger partial charge in [0, 0.05) is 0 Å². The summed E-state index contributed by atoms with van der Waals surface area (Å²) in [5, 5.41) is 0. The summed E-state index contributed by atoms with van der Waals surface area (Å²) >= 11 is 3.13. The Morgan fingerprint density at radius 1 is 1.53 bits per heavy atom. The number of hydrogen-bond donors (Lipinski definition) is 0. The summed E-state index contributed by atoms with van der Waals surface area (Å²) in [7, 11) is 0.